The van der Waals surface area contributed by atoms with Crippen LogP contribution in [0.3, 0.4) is 0 Å². The fraction of sp³-hybridized carbons (Fsp3) is 0.778. The molecule has 0 spiro atoms. The summed E-state index contributed by atoms with van der Waals surface area (Å²) >= 11 is 0. The maximum Gasteiger partial charge on any atom is 0.0245 e. The van der Waals surface area contributed by atoms with Crippen molar-refractivity contribution in [3.8, 4) is 12.3 Å². The molecule has 1 unspecified atom stereocenters. The zero-order valence-electron chi connectivity index (χ0n) is 6.78. The van der Waals surface area contributed by atoms with Gasteiger partial charge in [-0.25, -0.2) is 0 Å². The molecule has 1 heteroatoms. The Hall–Kier alpha value is -0.480. The first-order valence-electron chi connectivity index (χ1n) is 3.83. The summed E-state index contributed by atoms with van der Waals surface area (Å²) in [6.45, 7) is 2.30. The van der Waals surface area contributed by atoms with E-state index in [1.54, 1.807) is 0 Å². The first-order chi connectivity index (χ1) is 4.73. The van der Waals surface area contributed by atoms with E-state index < -0.39 is 0 Å². The van der Waals surface area contributed by atoms with Crippen LogP contribution in [0.15, 0.2) is 0 Å². The predicted molar refractivity (Wildman–Crippen MR) is 43.6 cm³/mol. The van der Waals surface area contributed by atoms with Crippen LogP contribution in [-0.4, -0.2) is 13.1 Å². The molecule has 1 N–H and O–H groups in total. The molecule has 0 aliphatic heterocycles. The van der Waals surface area contributed by atoms with Crippen molar-refractivity contribution in [1.29, 1.82) is 0 Å². The van der Waals surface area contributed by atoms with Crippen molar-refractivity contribution in [2.45, 2.75) is 32.2 Å². The zero-order valence-corrected chi connectivity index (χ0v) is 6.78. The molecule has 1 saturated carbocycles. The van der Waals surface area contributed by atoms with Crippen LogP contribution >= 0.6 is 0 Å². The van der Waals surface area contributed by atoms with Gasteiger partial charge in [0.2, 0.25) is 0 Å². The molecule has 1 aliphatic carbocycles. The number of rotatable bonds is 3. The summed E-state index contributed by atoms with van der Waals surface area (Å²) in [5.74, 6) is 2.70. The van der Waals surface area contributed by atoms with Crippen LogP contribution in [0.25, 0.3) is 0 Å². The fourth-order valence-electron chi connectivity index (χ4n) is 1.36. The Labute approximate surface area is 63.2 Å². The SMILES string of the molecule is C#CCC(NC)C1(C)CC1. The van der Waals surface area contributed by atoms with Gasteiger partial charge in [0.05, 0.1) is 0 Å². The van der Waals surface area contributed by atoms with Crippen LogP contribution < -0.4 is 5.32 Å². The number of hydrogen-bond acceptors (Lipinski definition) is 1. The second-order valence-electron chi connectivity index (χ2n) is 3.40. The molecule has 0 saturated heterocycles. The van der Waals surface area contributed by atoms with Gasteiger partial charge in [-0.3, -0.25) is 0 Å². The smallest absolute Gasteiger partial charge is 0.0245 e. The highest BCUT2D eigenvalue weighted by molar-refractivity contribution is 5.03. The number of hydrogen-bond donors (Lipinski definition) is 1. The first-order valence-corrected chi connectivity index (χ1v) is 3.83. The monoisotopic (exact) mass is 137 g/mol. The van der Waals surface area contributed by atoms with E-state index in [9.17, 15) is 0 Å². The molecular formula is C9H15N. The molecule has 0 heterocycles. The third-order valence-corrected chi connectivity index (χ3v) is 2.55. The molecule has 1 nitrogen and oxygen atoms in total. The molecule has 1 fully saturated rings. The Bertz CT molecular complexity index is 151. The summed E-state index contributed by atoms with van der Waals surface area (Å²) in [4.78, 5) is 0. The van der Waals surface area contributed by atoms with E-state index in [4.69, 9.17) is 6.42 Å². The fourth-order valence-corrected chi connectivity index (χ4v) is 1.36. The maximum atomic E-state index is 5.24. The maximum absolute atomic E-state index is 5.24. The Morgan fingerprint density at radius 1 is 1.70 bits per heavy atom. The van der Waals surface area contributed by atoms with Crippen molar-refractivity contribution in [2.75, 3.05) is 7.05 Å². The number of nitrogens with one attached hydrogen (secondary N) is 1. The lowest BCUT2D eigenvalue weighted by atomic mass is 9.96. The second kappa shape index (κ2) is 2.64. The highest BCUT2D eigenvalue weighted by Crippen LogP contribution is 2.48. The lowest BCUT2D eigenvalue weighted by Crippen LogP contribution is -2.32. The van der Waals surface area contributed by atoms with Gasteiger partial charge in [0.1, 0.15) is 0 Å². The average Bonchev–Trinajstić information content (AvgIpc) is 2.64. The molecule has 0 aromatic rings. The van der Waals surface area contributed by atoms with E-state index in [0.717, 1.165) is 6.42 Å². The number of terminal acetylenes is 1. The molecular weight excluding hydrogens is 122 g/mol. The lowest BCUT2D eigenvalue weighted by molar-refractivity contribution is 0.385. The van der Waals surface area contributed by atoms with Crippen LogP contribution in [0.2, 0.25) is 0 Å². The Kier molecular flexibility index (Phi) is 2.01. The molecule has 10 heavy (non-hydrogen) atoms. The van der Waals surface area contributed by atoms with Crippen molar-refractivity contribution in [2.24, 2.45) is 5.41 Å². The quantitative estimate of drug-likeness (QED) is 0.580. The highest BCUT2D eigenvalue weighted by atomic mass is 14.9. The van der Waals surface area contributed by atoms with Gasteiger partial charge in [0.25, 0.3) is 0 Å². The standard InChI is InChI=1S/C9H15N/c1-4-5-8(10-3)9(2)6-7-9/h1,8,10H,5-7H2,2-3H3. The highest BCUT2D eigenvalue weighted by Gasteiger charge is 2.43. The minimum atomic E-state index is 0.515. The molecule has 56 valence electrons. The van der Waals surface area contributed by atoms with Crippen LogP contribution in [0.4, 0.5) is 0 Å². The lowest BCUT2D eigenvalue weighted by Gasteiger charge is -2.19. The molecule has 0 amide bonds. The molecule has 0 radical (unpaired) electrons. The summed E-state index contributed by atoms with van der Waals surface area (Å²) in [7, 11) is 1.99. The van der Waals surface area contributed by atoms with E-state index in [1.807, 2.05) is 7.05 Å². The Balaban J connectivity index is 2.42. The van der Waals surface area contributed by atoms with Crippen molar-refractivity contribution < 1.29 is 0 Å². The first kappa shape index (κ1) is 7.63. The normalized spacial score (nSPS) is 23.3. The van der Waals surface area contributed by atoms with E-state index in [1.165, 1.54) is 12.8 Å². The molecule has 1 aliphatic rings. The Morgan fingerprint density at radius 2 is 2.30 bits per heavy atom. The minimum absolute atomic E-state index is 0.515. The molecule has 0 bridgehead atoms. The summed E-state index contributed by atoms with van der Waals surface area (Å²) < 4.78 is 0. The summed E-state index contributed by atoms with van der Waals surface area (Å²) in [5, 5.41) is 3.26. The summed E-state index contributed by atoms with van der Waals surface area (Å²) in [6, 6.07) is 0.539. The van der Waals surface area contributed by atoms with Gasteiger partial charge in [-0.1, -0.05) is 6.92 Å². The molecule has 0 aromatic heterocycles. The van der Waals surface area contributed by atoms with Gasteiger partial charge in [-0.2, -0.15) is 0 Å². The van der Waals surface area contributed by atoms with Crippen LogP contribution in [0.5, 0.6) is 0 Å². The largest absolute Gasteiger partial charge is 0.316 e. The van der Waals surface area contributed by atoms with Gasteiger partial charge >= 0.3 is 0 Å². The molecule has 0 aromatic carbocycles. The average molecular weight is 137 g/mol. The molecule has 1 rings (SSSR count). The van der Waals surface area contributed by atoms with Crippen molar-refractivity contribution in [3.05, 3.63) is 0 Å². The van der Waals surface area contributed by atoms with Crippen molar-refractivity contribution in [1.82, 2.24) is 5.32 Å². The van der Waals surface area contributed by atoms with Crippen molar-refractivity contribution >= 4 is 0 Å². The zero-order chi connectivity index (χ0) is 7.61. The second-order valence-corrected chi connectivity index (χ2v) is 3.40. The third kappa shape index (κ3) is 1.33. The topological polar surface area (TPSA) is 12.0 Å². The summed E-state index contributed by atoms with van der Waals surface area (Å²) in [6.07, 6.45) is 8.77. The van der Waals surface area contributed by atoms with Gasteiger partial charge in [0, 0.05) is 12.5 Å². The predicted octanol–water partition coefficient (Wildman–Crippen LogP) is 1.40. The van der Waals surface area contributed by atoms with Gasteiger partial charge in [0.15, 0.2) is 0 Å². The van der Waals surface area contributed by atoms with Crippen molar-refractivity contribution in [3.63, 3.8) is 0 Å². The van der Waals surface area contributed by atoms with Crippen LogP contribution in [0, 0.1) is 17.8 Å². The van der Waals surface area contributed by atoms with E-state index in [0.29, 0.717) is 11.5 Å². The van der Waals surface area contributed by atoms with Gasteiger partial charge in [-0.05, 0) is 25.3 Å². The van der Waals surface area contributed by atoms with E-state index in [-0.39, 0.29) is 0 Å². The van der Waals surface area contributed by atoms with Crippen LogP contribution in [-0.2, 0) is 0 Å². The van der Waals surface area contributed by atoms with Gasteiger partial charge in [-0.15, -0.1) is 12.3 Å². The Morgan fingerprint density at radius 3 is 2.60 bits per heavy atom. The third-order valence-electron chi connectivity index (χ3n) is 2.55. The molecule has 1 atom stereocenters. The summed E-state index contributed by atoms with van der Waals surface area (Å²) in [5.41, 5.74) is 0.515. The van der Waals surface area contributed by atoms with E-state index >= 15 is 0 Å². The van der Waals surface area contributed by atoms with Crippen LogP contribution in [0.1, 0.15) is 26.2 Å². The van der Waals surface area contributed by atoms with Gasteiger partial charge < -0.3 is 5.32 Å². The van der Waals surface area contributed by atoms with E-state index in [2.05, 4.69) is 18.2 Å². The minimum Gasteiger partial charge on any atom is -0.316 e.